The second kappa shape index (κ2) is 8.47. The highest BCUT2D eigenvalue weighted by atomic mass is 32.2. The van der Waals surface area contributed by atoms with Crippen LogP contribution in [-0.4, -0.2) is 23.0 Å². The van der Waals surface area contributed by atoms with Crippen LogP contribution in [0.1, 0.15) is 25.8 Å². The molecule has 3 N–H and O–H groups in total. The fraction of sp³-hybridized carbons (Fsp3) is 0.368. The predicted octanol–water partition coefficient (Wildman–Crippen LogP) is 3.20. The van der Waals surface area contributed by atoms with Crippen LogP contribution >= 0.6 is 11.8 Å². The number of nitrogens with one attached hydrogen (secondary N) is 3. The maximum absolute atomic E-state index is 12.4. The molecule has 5 nitrogen and oxygen atoms in total. The van der Waals surface area contributed by atoms with Gasteiger partial charge < -0.3 is 5.32 Å². The van der Waals surface area contributed by atoms with Crippen molar-refractivity contribution in [2.75, 3.05) is 5.32 Å². The third kappa shape index (κ3) is 5.04. The summed E-state index contributed by atoms with van der Waals surface area (Å²) in [6.07, 6.45) is 2.60. The Kier molecular flexibility index (Phi) is 6.07. The summed E-state index contributed by atoms with van der Waals surface area (Å²) in [5.41, 5.74) is 8.29. The number of carbonyl (C=O) groups is 1. The first-order valence-corrected chi connectivity index (χ1v) is 9.55. The highest BCUT2D eigenvalue weighted by Gasteiger charge is 2.30. The predicted molar refractivity (Wildman–Crippen MR) is 102 cm³/mol. The lowest BCUT2D eigenvalue weighted by Crippen LogP contribution is -2.40. The quantitative estimate of drug-likeness (QED) is 0.694. The highest BCUT2D eigenvalue weighted by Crippen LogP contribution is 2.22. The molecular formula is C19H24N4OS. The SMILES string of the molecule is CC(C)C1CC(C(=O)Nc2cccc(CSc3ccccn3)c2)NN1. The van der Waals surface area contributed by atoms with E-state index in [1.165, 1.54) is 0 Å². The third-order valence-electron chi connectivity index (χ3n) is 4.27. The summed E-state index contributed by atoms with van der Waals surface area (Å²) >= 11 is 1.68. The van der Waals surface area contributed by atoms with E-state index in [9.17, 15) is 4.79 Å². The van der Waals surface area contributed by atoms with Crippen LogP contribution in [-0.2, 0) is 10.5 Å². The van der Waals surface area contributed by atoms with E-state index in [0.717, 1.165) is 28.5 Å². The lowest BCUT2D eigenvalue weighted by Gasteiger charge is -2.13. The van der Waals surface area contributed by atoms with E-state index in [2.05, 4.69) is 41.1 Å². The molecule has 0 saturated carbocycles. The van der Waals surface area contributed by atoms with Gasteiger partial charge in [-0.3, -0.25) is 10.2 Å². The monoisotopic (exact) mass is 356 g/mol. The highest BCUT2D eigenvalue weighted by molar-refractivity contribution is 7.98. The number of pyridine rings is 1. The van der Waals surface area contributed by atoms with Crippen LogP contribution in [0.3, 0.4) is 0 Å². The number of aromatic nitrogens is 1. The minimum Gasteiger partial charge on any atom is -0.325 e. The van der Waals surface area contributed by atoms with E-state index in [1.807, 2.05) is 36.4 Å². The van der Waals surface area contributed by atoms with Gasteiger partial charge >= 0.3 is 0 Å². The fourth-order valence-corrected chi connectivity index (χ4v) is 3.55. The number of rotatable bonds is 6. The molecule has 1 saturated heterocycles. The number of thioether (sulfide) groups is 1. The van der Waals surface area contributed by atoms with Gasteiger partial charge in [-0.15, -0.1) is 11.8 Å². The molecule has 1 aliphatic rings. The van der Waals surface area contributed by atoms with Crippen LogP contribution in [0.5, 0.6) is 0 Å². The summed E-state index contributed by atoms with van der Waals surface area (Å²) in [6.45, 7) is 4.31. The molecule has 0 radical (unpaired) electrons. The summed E-state index contributed by atoms with van der Waals surface area (Å²) < 4.78 is 0. The van der Waals surface area contributed by atoms with Gasteiger partial charge in [0.05, 0.1) is 5.03 Å². The van der Waals surface area contributed by atoms with E-state index in [1.54, 1.807) is 18.0 Å². The molecule has 25 heavy (non-hydrogen) atoms. The van der Waals surface area contributed by atoms with Crippen molar-refractivity contribution in [3.63, 3.8) is 0 Å². The molecule has 1 amide bonds. The number of carbonyl (C=O) groups excluding carboxylic acids is 1. The van der Waals surface area contributed by atoms with E-state index < -0.39 is 0 Å². The van der Waals surface area contributed by atoms with Crippen LogP contribution in [0, 0.1) is 5.92 Å². The van der Waals surface area contributed by atoms with Crippen LogP contribution in [0.2, 0.25) is 0 Å². The van der Waals surface area contributed by atoms with Gasteiger partial charge in [-0.2, -0.15) is 0 Å². The molecule has 2 atom stereocenters. The van der Waals surface area contributed by atoms with Crippen molar-refractivity contribution in [1.29, 1.82) is 0 Å². The third-order valence-corrected chi connectivity index (χ3v) is 5.29. The second-order valence-electron chi connectivity index (χ2n) is 6.57. The minimum atomic E-state index is -0.195. The Morgan fingerprint density at radius 2 is 2.16 bits per heavy atom. The van der Waals surface area contributed by atoms with E-state index in [4.69, 9.17) is 0 Å². The van der Waals surface area contributed by atoms with Crippen LogP contribution < -0.4 is 16.2 Å². The van der Waals surface area contributed by atoms with Gasteiger partial charge in [0.15, 0.2) is 0 Å². The standard InChI is InChI=1S/C19H24N4OS/c1-13(2)16-11-17(23-22-16)19(24)21-15-7-5-6-14(10-15)12-25-18-8-3-4-9-20-18/h3-10,13,16-17,22-23H,11-12H2,1-2H3,(H,21,24). The van der Waals surface area contributed by atoms with Crippen molar-refractivity contribution in [2.45, 2.75) is 43.1 Å². The first-order valence-electron chi connectivity index (χ1n) is 8.56. The zero-order chi connectivity index (χ0) is 17.6. The first kappa shape index (κ1) is 17.9. The van der Waals surface area contributed by atoms with Crippen LogP contribution in [0.15, 0.2) is 53.7 Å². The van der Waals surface area contributed by atoms with Gasteiger partial charge in [0.2, 0.25) is 5.91 Å². The van der Waals surface area contributed by atoms with E-state index in [-0.39, 0.29) is 11.9 Å². The van der Waals surface area contributed by atoms with Gasteiger partial charge in [-0.1, -0.05) is 32.0 Å². The average Bonchev–Trinajstić information content (AvgIpc) is 3.12. The summed E-state index contributed by atoms with van der Waals surface area (Å²) in [4.78, 5) is 16.8. The number of nitrogens with zero attached hydrogens (tertiary/aromatic N) is 1. The number of amides is 1. The van der Waals surface area contributed by atoms with Crippen molar-refractivity contribution < 1.29 is 4.79 Å². The molecule has 0 spiro atoms. The molecular weight excluding hydrogens is 332 g/mol. The van der Waals surface area contributed by atoms with Crippen molar-refractivity contribution >= 4 is 23.4 Å². The molecule has 132 valence electrons. The molecule has 1 aromatic heterocycles. The maximum Gasteiger partial charge on any atom is 0.242 e. The summed E-state index contributed by atoms with van der Waals surface area (Å²) in [7, 11) is 0. The maximum atomic E-state index is 12.4. The summed E-state index contributed by atoms with van der Waals surface area (Å²) in [5.74, 6) is 1.32. The lowest BCUT2D eigenvalue weighted by molar-refractivity contribution is -0.117. The first-order chi connectivity index (χ1) is 12.1. The molecule has 1 aromatic carbocycles. The molecule has 3 rings (SSSR count). The molecule has 1 aliphatic heterocycles. The van der Waals surface area contributed by atoms with Gasteiger partial charge in [0.1, 0.15) is 6.04 Å². The molecule has 1 fully saturated rings. The molecule has 2 unspecified atom stereocenters. The zero-order valence-corrected chi connectivity index (χ0v) is 15.3. The largest absolute Gasteiger partial charge is 0.325 e. The number of anilines is 1. The number of hydrogen-bond donors (Lipinski definition) is 3. The Bertz CT molecular complexity index is 708. The van der Waals surface area contributed by atoms with Crippen LogP contribution in [0.4, 0.5) is 5.69 Å². The lowest BCUT2D eigenvalue weighted by atomic mass is 9.99. The Labute approximate surface area is 153 Å². The Morgan fingerprint density at radius 3 is 2.88 bits per heavy atom. The molecule has 0 bridgehead atoms. The average molecular weight is 356 g/mol. The number of benzene rings is 1. The Balaban J connectivity index is 1.55. The second-order valence-corrected chi connectivity index (χ2v) is 7.57. The normalized spacial score (nSPS) is 20.0. The Hall–Kier alpha value is -1.89. The molecule has 0 aliphatic carbocycles. The Morgan fingerprint density at radius 1 is 1.28 bits per heavy atom. The van der Waals surface area contributed by atoms with Crippen molar-refractivity contribution in [3.05, 3.63) is 54.2 Å². The molecule has 2 aromatic rings. The number of hydrogen-bond acceptors (Lipinski definition) is 5. The van der Waals surface area contributed by atoms with Gasteiger partial charge in [0.25, 0.3) is 0 Å². The van der Waals surface area contributed by atoms with Crippen LogP contribution in [0.25, 0.3) is 0 Å². The smallest absolute Gasteiger partial charge is 0.242 e. The van der Waals surface area contributed by atoms with Crippen molar-refractivity contribution in [2.24, 2.45) is 5.92 Å². The zero-order valence-electron chi connectivity index (χ0n) is 14.5. The number of hydrazine groups is 1. The van der Waals surface area contributed by atoms with Crippen molar-refractivity contribution in [3.8, 4) is 0 Å². The van der Waals surface area contributed by atoms with Gasteiger partial charge in [-0.05, 0) is 42.2 Å². The minimum absolute atomic E-state index is 0.00480. The van der Waals surface area contributed by atoms with Gasteiger partial charge in [-0.25, -0.2) is 10.4 Å². The topological polar surface area (TPSA) is 66.0 Å². The fourth-order valence-electron chi connectivity index (χ4n) is 2.75. The van der Waals surface area contributed by atoms with Crippen molar-refractivity contribution in [1.82, 2.24) is 15.8 Å². The molecule has 6 heteroatoms. The van der Waals surface area contributed by atoms with E-state index >= 15 is 0 Å². The van der Waals surface area contributed by atoms with E-state index in [0.29, 0.717) is 12.0 Å². The summed E-state index contributed by atoms with van der Waals surface area (Å²) in [6, 6.07) is 14.0. The molecule has 2 heterocycles. The summed E-state index contributed by atoms with van der Waals surface area (Å²) in [5, 5.41) is 4.01. The van der Waals surface area contributed by atoms with Gasteiger partial charge in [0, 0.05) is 23.7 Å².